The van der Waals surface area contributed by atoms with Gasteiger partial charge in [0.1, 0.15) is 12.4 Å². The van der Waals surface area contributed by atoms with Crippen LogP contribution in [0.4, 0.5) is 0 Å². The predicted octanol–water partition coefficient (Wildman–Crippen LogP) is 1.52. The lowest BCUT2D eigenvalue weighted by Crippen LogP contribution is -2.44. The number of phenols is 1. The van der Waals surface area contributed by atoms with Gasteiger partial charge < -0.3 is 25.0 Å². The Morgan fingerprint density at radius 1 is 1.20 bits per heavy atom. The number of ether oxygens (including phenoxy) is 1. The Morgan fingerprint density at radius 2 is 1.97 bits per heavy atom. The van der Waals surface area contributed by atoms with Crippen LogP contribution in [0.1, 0.15) is 42.5 Å². The summed E-state index contributed by atoms with van der Waals surface area (Å²) in [6.07, 6.45) is 0.826. The molecule has 0 spiro atoms. The fourth-order valence-electron chi connectivity index (χ4n) is 4.55. The van der Waals surface area contributed by atoms with Crippen LogP contribution in [0.25, 0.3) is 22.3 Å². The fraction of sp³-hybridized carbons (Fsp3) is 0.318. The quantitative estimate of drug-likeness (QED) is 0.482. The predicted molar refractivity (Wildman–Crippen MR) is 109 cm³/mol. The van der Waals surface area contributed by atoms with E-state index < -0.39 is 11.6 Å². The molecule has 0 radical (unpaired) electrons. The van der Waals surface area contributed by atoms with E-state index in [1.807, 2.05) is 6.92 Å². The first-order valence-corrected chi connectivity index (χ1v) is 9.70. The molecule has 156 valence electrons. The van der Waals surface area contributed by atoms with Crippen LogP contribution in [0.15, 0.2) is 29.1 Å². The average molecular weight is 410 g/mol. The minimum Gasteiger partial charge on any atom is -0.508 e. The first-order chi connectivity index (χ1) is 13.9. The van der Waals surface area contributed by atoms with Crippen molar-refractivity contribution in [1.29, 1.82) is 0 Å². The summed E-state index contributed by atoms with van der Waals surface area (Å²) in [5.74, 6) is -0.563. The number of pyridine rings is 2. The zero-order valence-electron chi connectivity index (χ0n) is 16.7. The topological polar surface area (TPSA) is 133 Å². The van der Waals surface area contributed by atoms with E-state index in [4.69, 9.17) is 9.72 Å². The van der Waals surface area contributed by atoms with Gasteiger partial charge in [-0.3, -0.25) is 4.79 Å². The summed E-state index contributed by atoms with van der Waals surface area (Å²) in [5, 5.41) is 21.7. The molecule has 1 aromatic carbocycles. The van der Waals surface area contributed by atoms with E-state index in [0.717, 1.165) is 22.0 Å². The van der Waals surface area contributed by atoms with Gasteiger partial charge in [-0.2, -0.15) is 0 Å². The van der Waals surface area contributed by atoms with Crippen molar-refractivity contribution in [1.82, 2.24) is 9.55 Å². The van der Waals surface area contributed by atoms with Gasteiger partial charge in [0.05, 0.1) is 29.0 Å². The van der Waals surface area contributed by atoms with Gasteiger partial charge in [0.15, 0.2) is 5.60 Å². The van der Waals surface area contributed by atoms with E-state index in [2.05, 4.69) is 0 Å². The van der Waals surface area contributed by atoms with Gasteiger partial charge in [0.2, 0.25) is 0 Å². The highest BCUT2D eigenvalue weighted by Gasteiger charge is 2.45. The number of phenolic OH excluding ortho intramolecular Hbond substituents is 1. The third kappa shape index (κ3) is 2.44. The number of hydrogen-bond acceptors (Lipinski definition) is 6. The largest absolute Gasteiger partial charge is 0.508 e. The number of carbonyl (C=O) groups is 1. The lowest BCUT2D eigenvalue weighted by atomic mass is 9.86. The van der Waals surface area contributed by atoms with Gasteiger partial charge >= 0.3 is 5.97 Å². The highest BCUT2D eigenvalue weighted by molar-refractivity contribution is 5.89. The van der Waals surface area contributed by atoms with Crippen molar-refractivity contribution in [3.05, 3.63) is 56.9 Å². The molecule has 0 saturated carbocycles. The van der Waals surface area contributed by atoms with Crippen molar-refractivity contribution in [2.24, 2.45) is 0 Å². The number of aliphatic hydroxyl groups is 1. The summed E-state index contributed by atoms with van der Waals surface area (Å²) in [5.41, 5.74) is 2.47. The van der Waals surface area contributed by atoms with E-state index in [0.29, 0.717) is 35.5 Å². The monoisotopic (exact) mass is 410 g/mol. The molecular formula is C22H22N2O6. The first-order valence-electron chi connectivity index (χ1n) is 9.70. The molecule has 2 aliphatic rings. The molecule has 0 saturated heterocycles. The van der Waals surface area contributed by atoms with Crippen LogP contribution < -0.4 is 5.56 Å². The lowest BCUT2D eigenvalue weighted by molar-refractivity contribution is -0.172. The summed E-state index contributed by atoms with van der Waals surface area (Å²) in [6, 6.07) is 6.75. The molecule has 0 aliphatic carbocycles. The second kappa shape index (κ2) is 6.65. The second-order valence-corrected chi connectivity index (χ2v) is 7.58. The summed E-state index contributed by atoms with van der Waals surface area (Å²) in [7, 11) is 0. The van der Waals surface area contributed by atoms with Crippen LogP contribution in [0, 0.1) is 0 Å². The van der Waals surface area contributed by atoms with Gasteiger partial charge in [0.25, 0.3) is 5.56 Å². The molecule has 8 heteroatoms. The Bertz CT molecular complexity index is 1280. The van der Waals surface area contributed by atoms with Crippen LogP contribution >= 0.6 is 0 Å². The maximum Gasteiger partial charge on any atom is 0.343 e. The van der Waals surface area contributed by atoms with Gasteiger partial charge in [-0.25, -0.2) is 9.78 Å². The smallest absolute Gasteiger partial charge is 0.343 e. The van der Waals surface area contributed by atoms with Crippen molar-refractivity contribution in [3.63, 3.8) is 0 Å². The maximum atomic E-state index is 13.2. The highest BCUT2D eigenvalue weighted by Crippen LogP contribution is 2.40. The van der Waals surface area contributed by atoms with Gasteiger partial charge in [-0.05, 0) is 42.7 Å². The van der Waals surface area contributed by atoms with Crippen molar-refractivity contribution in [2.45, 2.75) is 45.4 Å². The Balaban J connectivity index is 0.00000218. The van der Waals surface area contributed by atoms with Crippen molar-refractivity contribution < 1.29 is 25.2 Å². The van der Waals surface area contributed by atoms with Crippen LogP contribution in [-0.4, -0.2) is 31.2 Å². The molecule has 0 fully saturated rings. The zero-order chi connectivity index (χ0) is 20.5. The molecular weight excluding hydrogens is 388 g/mol. The fourth-order valence-corrected chi connectivity index (χ4v) is 4.55. The molecule has 30 heavy (non-hydrogen) atoms. The molecule has 4 N–H and O–H groups in total. The highest BCUT2D eigenvalue weighted by atomic mass is 16.6. The SMILES string of the molecule is CCc1c2c(nc3ccc(O)cc13)-c1cc3c(c(=O)n1C2)COC(=O)[C@]3(O)CC.O. The molecule has 0 unspecified atom stereocenters. The van der Waals surface area contributed by atoms with Crippen molar-refractivity contribution in [3.8, 4) is 17.1 Å². The number of fused-ring (bicyclic) bond motifs is 5. The standard InChI is InChI=1S/C22H20N2O5.H2O/c1-3-12-13-7-11(25)5-6-17(13)23-19-14(12)9-24-18(19)8-16-15(20(24)26)10-29-21(27)22(16,28)4-2;/h5-8,25,28H,3-4,9-10H2,1-2H3;1H2/t22-;/m0./s1. The maximum absolute atomic E-state index is 13.2. The van der Waals surface area contributed by atoms with Gasteiger partial charge in [-0.15, -0.1) is 0 Å². The zero-order valence-corrected chi connectivity index (χ0v) is 16.7. The van der Waals surface area contributed by atoms with Crippen LogP contribution in [-0.2, 0) is 34.7 Å². The van der Waals surface area contributed by atoms with Crippen LogP contribution in [0.5, 0.6) is 5.75 Å². The van der Waals surface area contributed by atoms with E-state index in [-0.39, 0.29) is 29.8 Å². The van der Waals surface area contributed by atoms with E-state index in [1.165, 1.54) is 0 Å². The molecule has 2 aromatic heterocycles. The minimum atomic E-state index is -1.83. The third-order valence-electron chi connectivity index (χ3n) is 6.14. The van der Waals surface area contributed by atoms with E-state index >= 15 is 0 Å². The molecule has 5 rings (SSSR count). The molecule has 1 atom stereocenters. The number of aromatic hydroxyl groups is 1. The van der Waals surface area contributed by atoms with Crippen molar-refractivity contribution in [2.75, 3.05) is 0 Å². The third-order valence-corrected chi connectivity index (χ3v) is 6.14. The molecule has 0 bridgehead atoms. The Labute approximate surface area is 171 Å². The number of cyclic esters (lactones) is 1. The number of rotatable bonds is 2. The summed E-state index contributed by atoms with van der Waals surface area (Å²) >= 11 is 0. The Hall–Kier alpha value is -3.23. The average Bonchev–Trinajstić information content (AvgIpc) is 3.08. The van der Waals surface area contributed by atoms with E-state index in [1.54, 1.807) is 35.8 Å². The normalized spacial score (nSPS) is 19.0. The molecule has 0 amide bonds. The number of aromatic nitrogens is 2. The Morgan fingerprint density at radius 3 is 2.67 bits per heavy atom. The van der Waals surface area contributed by atoms with E-state index in [9.17, 15) is 19.8 Å². The number of hydrogen-bond donors (Lipinski definition) is 2. The number of carbonyl (C=O) groups excluding carboxylic acids is 1. The van der Waals surface area contributed by atoms with Crippen molar-refractivity contribution >= 4 is 16.9 Å². The first kappa shape index (κ1) is 20.1. The molecule has 3 aromatic rings. The van der Waals surface area contributed by atoms with Crippen LogP contribution in [0.2, 0.25) is 0 Å². The Kier molecular flexibility index (Phi) is 4.44. The van der Waals surface area contributed by atoms with Gasteiger partial charge in [-0.1, -0.05) is 13.8 Å². The number of nitrogens with zero attached hydrogens (tertiary/aromatic N) is 2. The summed E-state index contributed by atoms with van der Waals surface area (Å²) < 4.78 is 6.73. The second-order valence-electron chi connectivity index (χ2n) is 7.58. The molecule has 2 aliphatic heterocycles. The molecule has 8 nitrogen and oxygen atoms in total. The number of benzene rings is 1. The van der Waals surface area contributed by atoms with Gasteiger partial charge in [0, 0.05) is 16.5 Å². The number of aryl methyl sites for hydroxylation is 1. The summed E-state index contributed by atoms with van der Waals surface area (Å²) in [6.45, 7) is 3.92. The summed E-state index contributed by atoms with van der Waals surface area (Å²) in [4.78, 5) is 30.2. The minimum absolute atomic E-state index is 0. The number of esters is 1. The lowest BCUT2D eigenvalue weighted by Gasteiger charge is -2.31. The van der Waals surface area contributed by atoms with Crippen LogP contribution in [0.3, 0.4) is 0 Å². The molecule has 4 heterocycles.